The highest BCUT2D eigenvalue weighted by atomic mass is 15.1. The molecule has 1 heterocycles. The van der Waals surface area contributed by atoms with Crippen LogP contribution in [-0.4, -0.2) is 24.6 Å². The normalized spacial score (nSPS) is 10.7. The molecule has 0 unspecified atom stereocenters. The molecule has 1 N–H and O–H groups in total. The van der Waals surface area contributed by atoms with Crippen LogP contribution in [0.15, 0.2) is 12.3 Å². The maximum absolute atomic E-state index is 4.43. The number of aryl methyl sites for hydroxylation is 1. The van der Waals surface area contributed by atoms with Gasteiger partial charge in [0, 0.05) is 42.8 Å². The van der Waals surface area contributed by atoms with Crippen molar-refractivity contribution in [1.82, 2.24) is 10.3 Å². The van der Waals surface area contributed by atoms with Crippen LogP contribution in [0, 0.1) is 6.92 Å². The third-order valence-electron chi connectivity index (χ3n) is 3.06. The topological polar surface area (TPSA) is 28.2 Å². The molecule has 0 saturated carbocycles. The maximum Gasteiger partial charge on any atom is 0.0445 e. The molecule has 3 nitrogen and oxygen atoms in total. The van der Waals surface area contributed by atoms with Crippen molar-refractivity contribution in [3.05, 3.63) is 23.5 Å². The van der Waals surface area contributed by atoms with Crippen LogP contribution >= 0.6 is 0 Å². The largest absolute Gasteiger partial charge is 0.371 e. The molecule has 0 radical (unpaired) electrons. The van der Waals surface area contributed by atoms with Crippen molar-refractivity contribution in [1.29, 1.82) is 0 Å². The van der Waals surface area contributed by atoms with Crippen molar-refractivity contribution in [2.45, 2.75) is 47.1 Å². The van der Waals surface area contributed by atoms with Crippen LogP contribution < -0.4 is 10.2 Å². The minimum Gasteiger partial charge on any atom is -0.371 e. The summed E-state index contributed by atoms with van der Waals surface area (Å²) in [6.07, 6.45) is 4.36. The van der Waals surface area contributed by atoms with Crippen molar-refractivity contribution in [3.8, 4) is 0 Å². The van der Waals surface area contributed by atoms with Gasteiger partial charge in [-0.2, -0.15) is 0 Å². The first-order valence-electron chi connectivity index (χ1n) is 7.14. The van der Waals surface area contributed by atoms with E-state index in [0.29, 0.717) is 0 Å². The average Bonchev–Trinajstić information content (AvgIpc) is 2.38. The second kappa shape index (κ2) is 8.09. The van der Waals surface area contributed by atoms with Crippen LogP contribution in [0.3, 0.4) is 0 Å². The number of pyridine rings is 1. The van der Waals surface area contributed by atoms with E-state index in [1.54, 1.807) is 0 Å². The van der Waals surface area contributed by atoms with Gasteiger partial charge in [-0.3, -0.25) is 4.98 Å². The van der Waals surface area contributed by atoms with Gasteiger partial charge in [0.2, 0.25) is 0 Å². The van der Waals surface area contributed by atoms with E-state index >= 15 is 0 Å². The predicted molar refractivity (Wildman–Crippen MR) is 79.1 cm³/mol. The Morgan fingerprint density at radius 1 is 1.22 bits per heavy atom. The molecule has 3 heteroatoms. The summed E-state index contributed by atoms with van der Waals surface area (Å²) in [5.74, 6) is 0. The summed E-state index contributed by atoms with van der Waals surface area (Å²) in [5, 5.41) is 3.47. The Balaban J connectivity index is 2.87. The van der Waals surface area contributed by atoms with Crippen LogP contribution in [0.2, 0.25) is 0 Å². The second-order valence-electron chi connectivity index (χ2n) is 4.71. The Hall–Kier alpha value is -1.09. The number of rotatable bonds is 8. The number of nitrogens with one attached hydrogen (secondary N) is 1. The summed E-state index contributed by atoms with van der Waals surface area (Å²) < 4.78 is 0. The molecule has 0 atom stereocenters. The van der Waals surface area contributed by atoms with Gasteiger partial charge in [-0.25, -0.2) is 0 Å². The zero-order valence-corrected chi connectivity index (χ0v) is 12.3. The van der Waals surface area contributed by atoms with Gasteiger partial charge < -0.3 is 10.2 Å². The average molecular weight is 249 g/mol. The number of anilines is 1. The fourth-order valence-corrected chi connectivity index (χ4v) is 2.12. The number of hydrogen-bond donors (Lipinski definition) is 1. The van der Waals surface area contributed by atoms with Crippen LogP contribution in [-0.2, 0) is 6.54 Å². The first kappa shape index (κ1) is 15.0. The summed E-state index contributed by atoms with van der Waals surface area (Å²) in [4.78, 5) is 6.87. The third-order valence-corrected chi connectivity index (χ3v) is 3.06. The lowest BCUT2D eigenvalue weighted by Crippen LogP contribution is -2.26. The lowest BCUT2D eigenvalue weighted by Gasteiger charge is -2.25. The van der Waals surface area contributed by atoms with Gasteiger partial charge in [-0.1, -0.05) is 13.8 Å². The van der Waals surface area contributed by atoms with E-state index in [1.165, 1.54) is 24.1 Å². The fraction of sp³-hybridized carbons (Fsp3) is 0.667. The Bertz CT molecular complexity index is 350. The number of hydrogen-bond acceptors (Lipinski definition) is 3. The molecule has 1 aromatic heterocycles. The monoisotopic (exact) mass is 249 g/mol. The molecule has 0 bridgehead atoms. The van der Waals surface area contributed by atoms with Crippen molar-refractivity contribution in [2.75, 3.05) is 24.5 Å². The van der Waals surface area contributed by atoms with Gasteiger partial charge in [0.15, 0.2) is 0 Å². The summed E-state index contributed by atoms with van der Waals surface area (Å²) in [5.41, 5.74) is 3.75. The lowest BCUT2D eigenvalue weighted by atomic mass is 10.1. The fourth-order valence-electron chi connectivity index (χ4n) is 2.12. The molecule has 0 aliphatic rings. The Morgan fingerprint density at radius 2 is 2.00 bits per heavy atom. The molecule has 0 aliphatic carbocycles. The molecule has 0 spiro atoms. The van der Waals surface area contributed by atoms with Crippen LogP contribution in [0.25, 0.3) is 0 Å². The first-order chi connectivity index (χ1) is 8.72. The molecular formula is C15H27N3. The van der Waals surface area contributed by atoms with Gasteiger partial charge in [-0.15, -0.1) is 0 Å². The van der Waals surface area contributed by atoms with E-state index in [-0.39, 0.29) is 0 Å². The lowest BCUT2D eigenvalue weighted by molar-refractivity contribution is 0.669. The molecular weight excluding hydrogens is 222 g/mol. The molecule has 0 fully saturated rings. The van der Waals surface area contributed by atoms with Crippen molar-refractivity contribution in [3.63, 3.8) is 0 Å². The van der Waals surface area contributed by atoms with Gasteiger partial charge in [0.1, 0.15) is 0 Å². The minimum atomic E-state index is 0.913. The third kappa shape index (κ3) is 4.30. The van der Waals surface area contributed by atoms with Crippen molar-refractivity contribution >= 4 is 5.69 Å². The first-order valence-corrected chi connectivity index (χ1v) is 7.14. The molecule has 18 heavy (non-hydrogen) atoms. The van der Waals surface area contributed by atoms with E-state index in [4.69, 9.17) is 0 Å². The minimum absolute atomic E-state index is 0.913. The molecule has 1 aromatic rings. The predicted octanol–water partition coefficient (Wildman–Crippen LogP) is 3.13. The van der Waals surface area contributed by atoms with Gasteiger partial charge in [-0.05, 0) is 39.3 Å². The quantitative estimate of drug-likeness (QED) is 0.717. The van der Waals surface area contributed by atoms with Crippen molar-refractivity contribution < 1.29 is 0 Å². The highest BCUT2D eigenvalue weighted by Gasteiger charge is 2.09. The molecule has 1 rings (SSSR count). The Kier molecular flexibility index (Phi) is 6.73. The van der Waals surface area contributed by atoms with E-state index < -0.39 is 0 Å². The highest BCUT2D eigenvalue weighted by Crippen LogP contribution is 2.21. The molecule has 0 aromatic carbocycles. The number of aromatic nitrogens is 1. The summed E-state index contributed by atoms with van der Waals surface area (Å²) >= 11 is 0. The summed E-state index contributed by atoms with van der Waals surface area (Å²) in [6.45, 7) is 12.8. The van der Waals surface area contributed by atoms with Gasteiger partial charge in [0.25, 0.3) is 0 Å². The Labute approximate surface area is 112 Å². The van der Waals surface area contributed by atoms with Crippen LogP contribution in [0.1, 0.15) is 44.9 Å². The van der Waals surface area contributed by atoms with Gasteiger partial charge in [0.05, 0.1) is 0 Å². The maximum atomic E-state index is 4.43. The van der Waals surface area contributed by atoms with Crippen molar-refractivity contribution in [2.24, 2.45) is 0 Å². The van der Waals surface area contributed by atoms with Crippen LogP contribution in [0.4, 0.5) is 5.69 Å². The Morgan fingerprint density at radius 3 is 2.61 bits per heavy atom. The zero-order chi connectivity index (χ0) is 13.4. The standard InChI is InChI=1S/C15H27N3/c1-5-8-16-11-14-12-17-13(4)10-15(14)18(7-3)9-6-2/h10,12,16H,5-9,11H2,1-4H3. The number of nitrogens with zero attached hydrogens (tertiary/aromatic N) is 2. The van der Waals surface area contributed by atoms with E-state index in [2.05, 4.69) is 49.0 Å². The van der Waals surface area contributed by atoms with Gasteiger partial charge >= 0.3 is 0 Å². The second-order valence-corrected chi connectivity index (χ2v) is 4.71. The zero-order valence-electron chi connectivity index (χ0n) is 12.3. The van der Waals surface area contributed by atoms with E-state index in [9.17, 15) is 0 Å². The highest BCUT2D eigenvalue weighted by molar-refractivity contribution is 5.53. The summed E-state index contributed by atoms with van der Waals surface area (Å²) in [6, 6.07) is 2.21. The SMILES string of the molecule is CCCNCc1cnc(C)cc1N(CC)CCC. The molecule has 0 aliphatic heterocycles. The smallest absolute Gasteiger partial charge is 0.0445 e. The van der Waals surface area contributed by atoms with E-state index in [0.717, 1.165) is 31.9 Å². The molecule has 102 valence electrons. The molecule has 0 saturated heterocycles. The van der Waals surface area contributed by atoms with Crippen LogP contribution in [0.5, 0.6) is 0 Å². The van der Waals surface area contributed by atoms with E-state index in [1.807, 2.05) is 6.20 Å². The summed E-state index contributed by atoms with van der Waals surface area (Å²) in [7, 11) is 0. The molecule has 0 amide bonds.